The molecule has 1 saturated heterocycles. The molecule has 0 saturated carbocycles. The fourth-order valence-electron chi connectivity index (χ4n) is 2.34. The topological polar surface area (TPSA) is 40.5 Å². The molecule has 1 heterocycles. The Hall–Kier alpha value is -1.39. The van der Waals surface area contributed by atoms with Crippen molar-refractivity contribution in [1.29, 1.82) is 0 Å². The van der Waals surface area contributed by atoms with Crippen LogP contribution in [0.1, 0.15) is 25.3 Å². The van der Waals surface area contributed by atoms with Crippen LogP contribution in [0.2, 0.25) is 5.02 Å². The van der Waals surface area contributed by atoms with Crippen LogP contribution >= 0.6 is 11.6 Å². The number of hydrogen-bond acceptors (Lipinski definition) is 2. The first-order valence-electron chi connectivity index (χ1n) is 6.52. The molecular weight excluding hydrogens is 281 g/mol. The number of halogens is 2. The lowest BCUT2D eigenvalue weighted by Crippen LogP contribution is -2.48. The lowest BCUT2D eigenvalue weighted by molar-refractivity contribution is -0.132. The van der Waals surface area contributed by atoms with Crippen molar-refractivity contribution in [3.8, 4) is 0 Å². The zero-order chi connectivity index (χ0) is 14.8. The van der Waals surface area contributed by atoms with Crippen LogP contribution in [-0.4, -0.2) is 34.6 Å². The summed E-state index contributed by atoms with van der Waals surface area (Å²) >= 11 is 5.89. The van der Waals surface area contributed by atoms with E-state index in [4.69, 9.17) is 11.6 Å². The van der Waals surface area contributed by atoms with Crippen molar-refractivity contribution in [2.75, 3.05) is 13.1 Å². The minimum atomic E-state index is -0.850. The Balaban J connectivity index is 2.09. The SMILES string of the molecule is CC1(O)CCCN(C(=O)/C=C/c2c(F)cccc2Cl)C1. The predicted molar refractivity (Wildman–Crippen MR) is 76.9 cm³/mol. The van der Waals surface area contributed by atoms with Crippen molar-refractivity contribution in [2.24, 2.45) is 0 Å². The monoisotopic (exact) mass is 297 g/mol. The van der Waals surface area contributed by atoms with Crippen LogP contribution in [0.4, 0.5) is 4.39 Å². The maximum atomic E-state index is 13.6. The van der Waals surface area contributed by atoms with Crippen molar-refractivity contribution in [2.45, 2.75) is 25.4 Å². The van der Waals surface area contributed by atoms with Gasteiger partial charge in [-0.1, -0.05) is 17.7 Å². The normalized spacial score (nSPS) is 23.3. The first-order chi connectivity index (χ1) is 9.39. The molecule has 1 amide bonds. The van der Waals surface area contributed by atoms with E-state index < -0.39 is 11.4 Å². The first-order valence-corrected chi connectivity index (χ1v) is 6.90. The molecule has 3 nitrogen and oxygen atoms in total. The van der Waals surface area contributed by atoms with Gasteiger partial charge in [0.1, 0.15) is 5.82 Å². The highest BCUT2D eigenvalue weighted by atomic mass is 35.5. The van der Waals surface area contributed by atoms with Gasteiger partial charge in [0.15, 0.2) is 0 Å². The number of hydrogen-bond donors (Lipinski definition) is 1. The van der Waals surface area contributed by atoms with E-state index in [-0.39, 0.29) is 16.5 Å². The second-order valence-electron chi connectivity index (χ2n) is 5.33. The van der Waals surface area contributed by atoms with E-state index >= 15 is 0 Å². The molecule has 20 heavy (non-hydrogen) atoms. The van der Waals surface area contributed by atoms with Gasteiger partial charge in [0.05, 0.1) is 10.6 Å². The Morgan fingerprint density at radius 3 is 2.95 bits per heavy atom. The van der Waals surface area contributed by atoms with Crippen LogP contribution < -0.4 is 0 Å². The highest BCUT2D eigenvalue weighted by Crippen LogP contribution is 2.22. The second-order valence-corrected chi connectivity index (χ2v) is 5.74. The highest BCUT2D eigenvalue weighted by molar-refractivity contribution is 6.32. The molecule has 1 unspecified atom stereocenters. The molecule has 1 aliphatic heterocycles. The molecule has 2 rings (SSSR count). The molecule has 0 radical (unpaired) electrons. The summed E-state index contributed by atoms with van der Waals surface area (Å²) in [6, 6.07) is 4.38. The maximum Gasteiger partial charge on any atom is 0.246 e. The molecule has 1 atom stereocenters. The molecule has 1 N–H and O–H groups in total. The number of aliphatic hydroxyl groups is 1. The summed E-state index contributed by atoms with van der Waals surface area (Å²) in [5, 5.41) is 10.2. The van der Waals surface area contributed by atoms with Crippen molar-refractivity contribution in [3.63, 3.8) is 0 Å². The molecule has 0 aromatic heterocycles. The van der Waals surface area contributed by atoms with Crippen molar-refractivity contribution >= 4 is 23.6 Å². The zero-order valence-corrected chi connectivity index (χ0v) is 12.0. The minimum Gasteiger partial charge on any atom is -0.388 e. The second kappa shape index (κ2) is 5.94. The number of rotatable bonds is 2. The summed E-state index contributed by atoms with van der Waals surface area (Å²) in [6.07, 6.45) is 4.11. The molecule has 0 spiro atoms. The molecule has 108 valence electrons. The van der Waals surface area contributed by atoms with Gasteiger partial charge in [0.2, 0.25) is 5.91 Å². The van der Waals surface area contributed by atoms with Crippen molar-refractivity contribution in [3.05, 3.63) is 40.7 Å². The maximum absolute atomic E-state index is 13.6. The van der Waals surface area contributed by atoms with E-state index in [1.807, 2.05) is 0 Å². The molecule has 5 heteroatoms. The summed E-state index contributed by atoms with van der Waals surface area (Å²) in [5.41, 5.74) is -0.650. The van der Waals surface area contributed by atoms with Gasteiger partial charge in [-0.3, -0.25) is 4.79 Å². The summed E-state index contributed by atoms with van der Waals surface area (Å²) in [5.74, 6) is -0.712. The van der Waals surface area contributed by atoms with Gasteiger partial charge < -0.3 is 10.0 Å². The Kier molecular flexibility index (Phi) is 4.45. The smallest absolute Gasteiger partial charge is 0.246 e. The summed E-state index contributed by atoms with van der Waals surface area (Å²) in [7, 11) is 0. The van der Waals surface area contributed by atoms with E-state index in [1.165, 1.54) is 24.3 Å². The summed E-state index contributed by atoms with van der Waals surface area (Å²) < 4.78 is 13.6. The number of nitrogens with zero attached hydrogens (tertiary/aromatic N) is 1. The van der Waals surface area contributed by atoms with Gasteiger partial charge in [-0.15, -0.1) is 0 Å². The molecular formula is C15H17ClFNO2. The standard InChI is InChI=1S/C15H17ClFNO2/c1-15(20)8-3-9-18(10-15)14(19)7-6-11-12(16)4-2-5-13(11)17/h2,4-7,20H,3,8-10H2,1H3/b7-6+. The van der Waals surface area contributed by atoms with Crippen LogP contribution in [0, 0.1) is 5.82 Å². The van der Waals surface area contributed by atoms with E-state index in [0.717, 1.165) is 6.42 Å². The average molecular weight is 298 g/mol. The number of piperidine rings is 1. The molecule has 1 fully saturated rings. The van der Waals surface area contributed by atoms with Crippen LogP contribution in [0.25, 0.3) is 6.08 Å². The van der Waals surface area contributed by atoms with Crippen LogP contribution in [0.5, 0.6) is 0 Å². The molecule has 0 bridgehead atoms. The average Bonchev–Trinajstić information content (AvgIpc) is 2.36. The predicted octanol–water partition coefficient (Wildman–Crippen LogP) is 2.87. The number of carbonyl (C=O) groups is 1. The van der Waals surface area contributed by atoms with Gasteiger partial charge in [-0.05, 0) is 38.0 Å². The van der Waals surface area contributed by atoms with Crippen molar-refractivity contribution < 1.29 is 14.3 Å². The lowest BCUT2D eigenvalue weighted by Gasteiger charge is -2.36. The first kappa shape index (κ1) is 15.0. The molecule has 1 aliphatic rings. The van der Waals surface area contributed by atoms with Crippen LogP contribution in [-0.2, 0) is 4.79 Å². The minimum absolute atomic E-state index is 0.200. The molecule has 1 aromatic rings. The Morgan fingerprint density at radius 2 is 2.30 bits per heavy atom. The largest absolute Gasteiger partial charge is 0.388 e. The van der Waals surface area contributed by atoms with Crippen LogP contribution in [0.3, 0.4) is 0 Å². The number of β-amino-alcohol motifs (C(OH)–C–C–N with tert-alkyl or cyclic N) is 1. The number of amides is 1. The van der Waals surface area contributed by atoms with Gasteiger partial charge >= 0.3 is 0 Å². The molecule has 1 aromatic carbocycles. The van der Waals surface area contributed by atoms with Gasteiger partial charge in [0.25, 0.3) is 0 Å². The summed E-state index contributed by atoms with van der Waals surface area (Å²) in [4.78, 5) is 13.6. The third kappa shape index (κ3) is 3.58. The third-order valence-electron chi connectivity index (χ3n) is 3.38. The molecule has 0 aliphatic carbocycles. The highest BCUT2D eigenvalue weighted by Gasteiger charge is 2.29. The lowest BCUT2D eigenvalue weighted by atomic mass is 9.95. The number of likely N-dealkylation sites (tertiary alicyclic amines) is 1. The van der Waals surface area contributed by atoms with E-state index in [9.17, 15) is 14.3 Å². The Morgan fingerprint density at radius 1 is 1.55 bits per heavy atom. The third-order valence-corrected chi connectivity index (χ3v) is 3.71. The Bertz CT molecular complexity index is 522. The van der Waals surface area contributed by atoms with Crippen molar-refractivity contribution in [1.82, 2.24) is 4.90 Å². The zero-order valence-electron chi connectivity index (χ0n) is 11.3. The van der Waals surface area contributed by atoms with Gasteiger partial charge in [0, 0.05) is 24.7 Å². The fourth-order valence-corrected chi connectivity index (χ4v) is 2.56. The van der Waals surface area contributed by atoms with E-state index in [0.29, 0.717) is 19.5 Å². The Labute approximate surface area is 122 Å². The van der Waals surface area contributed by atoms with Gasteiger partial charge in [-0.2, -0.15) is 0 Å². The number of carbonyl (C=O) groups excluding carboxylic acids is 1. The van der Waals surface area contributed by atoms with Crippen LogP contribution in [0.15, 0.2) is 24.3 Å². The number of benzene rings is 1. The fraction of sp³-hybridized carbons (Fsp3) is 0.400. The summed E-state index contributed by atoms with van der Waals surface area (Å²) in [6.45, 7) is 2.61. The van der Waals surface area contributed by atoms with E-state index in [2.05, 4.69) is 0 Å². The van der Waals surface area contributed by atoms with E-state index in [1.54, 1.807) is 17.9 Å². The quantitative estimate of drug-likeness (QED) is 0.853. The van der Waals surface area contributed by atoms with Gasteiger partial charge in [-0.25, -0.2) is 4.39 Å².